The molecule has 2 aromatic carbocycles. The molecule has 1 aliphatic heterocycles. The zero-order valence-corrected chi connectivity index (χ0v) is 18.1. The number of hydrogen-bond donors (Lipinski definition) is 1. The molecule has 2 unspecified atom stereocenters. The lowest BCUT2D eigenvalue weighted by Crippen LogP contribution is -2.46. The van der Waals surface area contributed by atoms with E-state index < -0.39 is 12.5 Å². The van der Waals surface area contributed by atoms with Crippen LogP contribution >= 0.6 is 0 Å². The van der Waals surface area contributed by atoms with Gasteiger partial charge in [0.25, 0.3) is 5.91 Å². The van der Waals surface area contributed by atoms with Crippen LogP contribution in [0.4, 0.5) is 13.2 Å². The summed E-state index contributed by atoms with van der Waals surface area (Å²) < 4.78 is 47.2. The van der Waals surface area contributed by atoms with Gasteiger partial charge in [-0.25, -0.2) is 0 Å². The fourth-order valence-electron chi connectivity index (χ4n) is 3.82. The van der Waals surface area contributed by atoms with Crippen LogP contribution in [0, 0.1) is 5.92 Å². The Morgan fingerprint density at radius 1 is 1.12 bits per heavy atom. The summed E-state index contributed by atoms with van der Waals surface area (Å²) in [6, 6.07) is 14.8. The zero-order chi connectivity index (χ0) is 23.0. The first-order valence-electron chi connectivity index (χ1n) is 10.9. The number of piperidine rings is 1. The maximum Gasteiger partial charge on any atom is 0.573 e. The number of carbonyl (C=O) groups is 1. The van der Waals surface area contributed by atoms with Crippen LogP contribution in [-0.2, 0) is 11.3 Å². The number of rotatable bonds is 9. The van der Waals surface area contributed by atoms with Gasteiger partial charge in [0.2, 0.25) is 0 Å². The molecule has 0 saturated carbocycles. The maximum absolute atomic E-state index is 13.4. The van der Waals surface area contributed by atoms with Gasteiger partial charge < -0.3 is 19.7 Å². The van der Waals surface area contributed by atoms with Gasteiger partial charge in [-0.3, -0.25) is 4.79 Å². The van der Waals surface area contributed by atoms with Crippen LogP contribution in [0.1, 0.15) is 31.7 Å². The van der Waals surface area contributed by atoms with Crippen LogP contribution in [-0.4, -0.2) is 42.9 Å². The van der Waals surface area contributed by atoms with Crippen LogP contribution in [0.25, 0.3) is 0 Å². The van der Waals surface area contributed by atoms with E-state index >= 15 is 0 Å². The fraction of sp³-hybridized carbons (Fsp3) is 0.458. The number of benzene rings is 2. The number of para-hydroxylation sites is 1. The predicted octanol–water partition coefficient (Wildman–Crippen LogP) is 4.77. The summed E-state index contributed by atoms with van der Waals surface area (Å²) in [5.41, 5.74) is 0.728. The number of ether oxygens (including phenoxy) is 2. The number of nitrogens with zero attached hydrogens (tertiary/aromatic N) is 1. The molecule has 0 radical (unpaired) electrons. The van der Waals surface area contributed by atoms with Crippen LogP contribution < -0.4 is 14.8 Å². The van der Waals surface area contributed by atoms with Gasteiger partial charge >= 0.3 is 6.36 Å². The average molecular weight is 451 g/mol. The summed E-state index contributed by atoms with van der Waals surface area (Å²) in [6.07, 6.45) is -2.80. The summed E-state index contributed by atoms with van der Waals surface area (Å²) in [5, 5.41) is 3.36. The second-order valence-corrected chi connectivity index (χ2v) is 7.95. The lowest BCUT2D eigenvalue weighted by molar-refractivity contribution is -0.274. The number of nitrogens with one attached hydrogen (secondary N) is 1. The van der Waals surface area contributed by atoms with E-state index in [0.29, 0.717) is 24.6 Å². The van der Waals surface area contributed by atoms with Crippen molar-refractivity contribution in [1.29, 1.82) is 0 Å². The minimum Gasteiger partial charge on any atom is -0.481 e. The van der Waals surface area contributed by atoms with Crippen molar-refractivity contribution in [2.45, 2.75) is 45.2 Å². The Kier molecular flexibility index (Phi) is 8.39. The topological polar surface area (TPSA) is 50.8 Å². The monoisotopic (exact) mass is 450 g/mol. The molecule has 1 N–H and O–H groups in total. The molecule has 0 aliphatic carbocycles. The molecule has 3 rings (SSSR count). The summed E-state index contributed by atoms with van der Waals surface area (Å²) in [5.74, 6) is 0.530. The lowest BCUT2D eigenvalue weighted by Gasteiger charge is -2.32. The van der Waals surface area contributed by atoms with Gasteiger partial charge in [-0.2, -0.15) is 0 Å². The van der Waals surface area contributed by atoms with Crippen LogP contribution in [0.2, 0.25) is 0 Å². The molecule has 5 nitrogen and oxygen atoms in total. The Morgan fingerprint density at radius 3 is 2.44 bits per heavy atom. The van der Waals surface area contributed by atoms with Crippen molar-refractivity contribution in [2.75, 3.05) is 19.6 Å². The second-order valence-electron chi connectivity index (χ2n) is 7.95. The molecule has 32 heavy (non-hydrogen) atoms. The van der Waals surface area contributed by atoms with E-state index in [1.54, 1.807) is 17.0 Å². The Bertz CT molecular complexity index is 838. The maximum atomic E-state index is 13.4. The molecule has 2 aromatic rings. The lowest BCUT2D eigenvalue weighted by atomic mass is 9.98. The molecule has 2 atom stereocenters. The smallest absolute Gasteiger partial charge is 0.481 e. The van der Waals surface area contributed by atoms with Gasteiger partial charge in [0.1, 0.15) is 11.5 Å². The molecule has 1 amide bonds. The molecule has 1 saturated heterocycles. The zero-order valence-electron chi connectivity index (χ0n) is 18.1. The van der Waals surface area contributed by atoms with E-state index in [2.05, 4.69) is 10.1 Å². The summed E-state index contributed by atoms with van der Waals surface area (Å²) >= 11 is 0. The number of amides is 1. The Labute approximate surface area is 186 Å². The summed E-state index contributed by atoms with van der Waals surface area (Å²) in [4.78, 5) is 15.2. The van der Waals surface area contributed by atoms with Gasteiger partial charge in [0, 0.05) is 13.1 Å². The highest BCUT2D eigenvalue weighted by atomic mass is 19.4. The van der Waals surface area contributed by atoms with Crippen LogP contribution in [0.15, 0.2) is 54.6 Å². The number of hydrogen-bond acceptors (Lipinski definition) is 4. The normalized spacial score (nSPS) is 17.4. The molecule has 0 bridgehead atoms. The van der Waals surface area contributed by atoms with Crippen molar-refractivity contribution in [3.8, 4) is 11.5 Å². The standard InChI is InChI=1S/C24H29F3N2O3/c1-2-22(31-20-8-4-3-5-9-20)23(30)29(17-19-7-6-14-28-15-19)16-18-10-12-21(13-11-18)32-24(25,26)27/h3-5,8-13,19,22,28H,2,6-7,14-17H2,1H3. The Morgan fingerprint density at radius 2 is 1.84 bits per heavy atom. The number of alkyl halides is 3. The molecule has 8 heteroatoms. The van der Waals surface area contributed by atoms with Crippen LogP contribution in [0.5, 0.6) is 11.5 Å². The first kappa shape index (κ1) is 23.9. The number of carbonyl (C=O) groups excluding carboxylic acids is 1. The van der Waals surface area contributed by atoms with E-state index in [4.69, 9.17) is 4.74 Å². The molecule has 0 aromatic heterocycles. The van der Waals surface area contributed by atoms with Gasteiger partial charge in [-0.1, -0.05) is 37.3 Å². The van der Waals surface area contributed by atoms with E-state index in [1.807, 2.05) is 37.3 Å². The second kappa shape index (κ2) is 11.2. The van der Waals surface area contributed by atoms with Crippen molar-refractivity contribution in [1.82, 2.24) is 10.2 Å². The van der Waals surface area contributed by atoms with Gasteiger partial charge in [0.15, 0.2) is 6.10 Å². The predicted molar refractivity (Wildman–Crippen MR) is 115 cm³/mol. The quantitative estimate of drug-likeness (QED) is 0.598. The highest BCUT2D eigenvalue weighted by Gasteiger charge is 2.31. The molecule has 1 fully saturated rings. The first-order valence-corrected chi connectivity index (χ1v) is 10.9. The van der Waals surface area contributed by atoms with Crippen molar-refractivity contribution < 1.29 is 27.4 Å². The molecule has 0 spiro atoms. The van der Waals surface area contributed by atoms with E-state index in [1.165, 1.54) is 12.1 Å². The summed E-state index contributed by atoms with van der Waals surface area (Å²) in [6.45, 7) is 4.55. The van der Waals surface area contributed by atoms with Gasteiger partial charge in [-0.15, -0.1) is 13.2 Å². The van der Waals surface area contributed by atoms with Crippen molar-refractivity contribution in [2.24, 2.45) is 5.92 Å². The van der Waals surface area contributed by atoms with Crippen molar-refractivity contribution >= 4 is 5.91 Å². The SMILES string of the molecule is CCC(Oc1ccccc1)C(=O)N(Cc1ccc(OC(F)(F)F)cc1)CC1CCCNC1. The van der Waals surface area contributed by atoms with Gasteiger partial charge in [0.05, 0.1) is 0 Å². The van der Waals surface area contributed by atoms with Crippen molar-refractivity contribution in [3.63, 3.8) is 0 Å². The highest BCUT2D eigenvalue weighted by molar-refractivity contribution is 5.81. The average Bonchev–Trinajstić information content (AvgIpc) is 2.78. The largest absolute Gasteiger partial charge is 0.573 e. The molecule has 174 valence electrons. The van der Waals surface area contributed by atoms with Crippen LogP contribution in [0.3, 0.4) is 0 Å². The minimum atomic E-state index is -4.74. The molecular formula is C24H29F3N2O3. The third-order valence-corrected chi connectivity index (χ3v) is 5.39. The third kappa shape index (κ3) is 7.44. The van der Waals surface area contributed by atoms with E-state index in [0.717, 1.165) is 31.5 Å². The minimum absolute atomic E-state index is 0.127. The molecule has 1 heterocycles. The fourth-order valence-corrected chi connectivity index (χ4v) is 3.82. The summed E-state index contributed by atoms with van der Waals surface area (Å²) in [7, 11) is 0. The first-order chi connectivity index (χ1) is 15.3. The van der Waals surface area contributed by atoms with E-state index in [-0.39, 0.29) is 18.2 Å². The highest BCUT2D eigenvalue weighted by Crippen LogP contribution is 2.24. The Hall–Kier alpha value is -2.74. The van der Waals surface area contributed by atoms with Crippen molar-refractivity contribution in [3.05, 3.63) is 60.2 Å². The Balaban J connectivity index is 1.73. The van der Waals surface area contributed by atoms with Gasteiger partial charge in [-0.05, 0) is 68.1 Å². The molecule has 1 aliphatic rings. The third-order valence-electron chi connectivity index (χ3n) is 5.39. The number of halogens is 3. The van der Waals surface area contributed by atoms with E-state index in [9.17, 15) is 18.0 Å². The molecular weight excluding hydrogens is 421 g/mol.